The van der Waals surface area contributed by atoms with Crippen molar-refractivity contribution >= 4 is 17.1 Å². The van der Waals surface area contributed by atoms with E-state index in [2.05, 4.69) is 212 Å². The zero-order valence-corrected chi connectivity index (χ0v) is 36.2. The van der Waals surface area contributed by atoms with Crippen LogP contribution in [0.2, 0.25) is 0 Å². The number of anilines is 3. The van der Waals surface area contributed by atoms with Crippen LogP contribution >= 0.6 is 0 Å². The minimum atomic E-state index is -0.115. The Bertz CT molecular complexity index is 2760. The van der Waals surface area contributed by atoms with Crippen LogP contribution in [0, 0.1) is 0 Å². The second-order valence-corrected chi connectivity index (χ2v) is 20.2. The summed E-state index contributed by atoms with van der Waals surface area (Å²) in [6, 6.07) is 58.5. The Morgan fingerprint density at radius 3 is 1.54 bits per heavy atom. The average molecular weight is 768 g/mol. The van der Waals surface area contributed by atoms with Gasteiger partial charge in [-0.05, 0) is 126 Å². The van der Waals surface area contributed by atoms with Gasteiger partial charge in [-0.15, -0.1) is 0 Å². The van der Waals surface area contributed by atoms with Gasteiger partial charge in [-0.1, -0.05) is 190 Å². The van der Waals surface area contributed by atoms with Gasteiger partial charge < -0.3 is 4.90 Å². The molecule has 0 aliphatic heterocycles. The van der Waals surface area contributed by atoms with Crippen LogP contribution in [0.1, 0.15) is 114 Å². The molecule has 0 bridgehead atoms. The van der Waals surface area contributed by atoms with Crippen LogP contribution < -0.4 is 4.90 Å². The Labute approximate surface area is 352 Å². The van der Waals surface area contributed by atoms with Crippen molar-refractivity contribution in [2.75, 3.05) is 4.90 Å². The van der Waals surface area contributed by atoms with Gasteiger partial charge in [-0.25, -0.2) is 0 Å². The fourth-order valence-electron chi connectivity index (χ4n) is 10.9. The van der Waals surface area contributed by atoms with Crippen molar-refractivity contribution in [2.45, 2.75) is 103 Å². The minimum Gasteiger partial charge on any atom is -0.310 e. The van der Waals surface area contributed by atoms with Gasteiger partial charge in [0.15, 0.2) is 0 Å². The van der Waals surface area contributed by atoms with Gasteiger partial charge in [0.05, 0.1) is 5.69 Å². The molecule has 0 atom stereocenters. The highest BCUT2D eigenvalue weighted by Gasteiger charge is 2.45. The molecule has 10 rings (SSSR count). The Balaban J connectivity index is 1.21. The SMILES string of the molecule is CC(C)(C)c1ccc(-c2cc(C(C)(C)C)ccc2-c2ccccc2N(c2ccc3c(c2)C(C)(C)c2ccccc2-3)c2ccc3c(c2)C2(CCCC2)c2ccccc2-3)cc1. The van der Waals surface area contributed by atoms with Gasteiger partial charge in [-0.2, -0.15) is 0 Å². The van der Waals surface area contributed by atoms with E-state index in [0.717, 1.165) is 0 Å². The molecule has 0 radical (unpaired) electrons. The van der Waals surface area contributed by atoms with Gasteiger partial charge in [0.1, 0.15) is 0 Å². The standard InChI is InChI=1S/C58H57N/c1-55(2,3)39-25-23-38(24-26-39)49-35-40(56(4,5)6)27-30-43(49)48-19-11-14-22-54(48)59(41-28-31-46-44-17-9-12-20-50(44)57(7,8)52(46)36-41)42-29-32-47-45-18-10-13-21-51(45)58(53(47)37-42)33-15-16-34-58/h9-14,17-32,35-37H,15-16,33-34H2,1-8H3. The van der Waals surface area contributed by atoms with Crippen molar-refractivity contribution in [3.8, 4) is 44.5 Å². The Morgan fingerprint density at radius 2 is 0.898 bits per heavy atom. The molecule has 0 unspecified atom stereocenters. The first-order valence-corrected chi connectivity index (χ1v) is 21.9. The lowest BCUT2D eigenvalue weighted by Gasteiger charge is -2.32. The lowest BCUT2D eigenvalue weighted by molar-refractivity contribution is 0.550. The van der Waals surface area contributed by atoms with Crippen molar-refractivity contribution in [1.82, 2.24) is 0 Å². The number of benzene rings is 7. The lowest BCUT2D eigenvalue weighted by atomic mass is 9.76. The van der Waals surface area contributed by atoms with E-state index >= 15 is 0 Å². The van der Waals surface area contributed by atoms with Crippen LogP contribution in [-0.2, 0) is 21.7 Å². The van der Waals surface area contributed by atoms with Gasteiger partial charge in [-0.3, -0.25) is 0 Å². The molecule has 3 aliphatic rings. The summed E-state index contributed by atoms with van der Waals surface area (Å²) in [5, 5.41) is 0. The van der Waals surface area contributed by atoms with Crippen molar-refractivity contribution in [2.24, 2.45) is 0 Å². The van der Waals surface area contributed by atoms with E-state index in [4.69, 9.17) is 0 Å². The highest BCUT2D eigenvalue weighted by molar-refractivity contribution is 5.96. The largest absolute Gasteiger partial charge is 0.310 e. The molecule has 1 spiro atoms. The number of fused-ring (bicyclic) bond motifs is 8. The third kappa shape index (κ3) is 5.95. The first-order chi connectivity index (χ1) is 28.3. The maximum Gasteiger partial charge on any atom is 0.0540 e. The molecule has 0 N–H and O–H groups in total. The van der Waals surface area contributed by atoms with Gasteiger partial charge >= 0.3 is 0 Å². The molecule has 0 heterocycles. The van der Waals surface area contributed by atoms with Crippen LogP contribution in [0.15, 0.2) is 152 Å². The Morgan fingerprint density at radius 1 is 0.407 bits per heavy atom. The van der Waals surface area contributed by atoms with Crippen LogP contribution in [0.3, 0.4) is 0 Å². The van der Waals surface area contributed by atoms with Gasteiger partial charge in [0.2, 0.25) is 0 Å². The summed E-state index contributed by atoms with van der Waals surface area (Å²) in [5.41, 5.74) is 22.6. The van der Waals surface area contributed by atoms with E-state index in [0.29, 0.717) is 0 Å². The van der Waals surface area contributed by atoms with Crippen LogP contribution in [0.5, 0.6) is 0 Å². The predicted molar refractivity (Wildman–Crippen MR) is 252 cm³/mol. The highest BCUT2D eigenvalue weighted by atomic mass is 15.1. The number of para-hydroxylation sites is 1. The quantitative estimate of drug-likeness (QED) is 0.169. The van der Waals surface area contributed by atoms with E-state index in [1.165, 1.54) is 121 Å². The molecule has 3 aliphatic carbocycles. The van der Waals surface area contributed by atoms with E-state index in [1.807, 2.05) is 0 Å². The second kappa shape index (κ2) is 13.4. The molecule has 1 heteroatoms. The van der Waals surface area contributed by atoms with Crippen molar-refractivity contribution < 1.29 is 0 Å². The van der Waals surface area contributed by atoms with Crippen molar-refractivity contribution in [3.63, 3.8) is 0 Å². The first kappa shape index (κ1) is 37.6. The zero-order valence-electron chi connectivity index (χ0n) is 36.2. The average Bonchev–Trinajstić information content (AvgIpc) is 3.90. The van der Waals surface area contributed by atoms with Crippen LogP contribution in [-0.4, -0.2) is 0 Å². The molecular formula is C58H57N. The molecule has 7 aromatic rings. The molecular weight excluding hydrogens is 711 g/mol. The first-order valence-electron chi connectivity index (χ1n) is 21.9. The van der Waals surface area contributed by atoms with Crippen molar-refractivity contribution in [1.29, 1.82) is 0 Å². The number of rotatable bonds is 5. The maximum absolute atomic E-state index is 2.57. The second-order valence-electron chi connectivity index (χ2n) is 20.2. The molecule has 7 aromatic carbocycles. The summed E-state index contributed by atoms with van der Waals surface area (Å²) in [6.45, 7) is 18.6. The molecule has 1 saturated carbocycles. The highest BCUT2D eigenvalue weighted by Crippen LogP contribution is 2.58. The fraction of sp³-hybridized carbons (Fsp3) is 0.276. The summed E-state index contributed by atoms with van der Waals surface area (Å²) < 4.78 is 0. The van der Waals surface area contributed by atoms with Gasteiger partial charge in [0.25, 0.3) is 0 Å². The molecule has 0 aromatic heterocycles. The van der Waals surface area contributed by atoms with E-state index < -0.39 is 0 Å². The monoisotopic (exact) mass is 767 g/mol. The summed E-state index contributed by atoms with van der Waals surface area (Å²) in [5.74, 6) is 0. The number of hydrogen-bond donors (Lipinski definition) is 0. The third-order valence-corrected chi connectivity index (χ3v) is 14.2. The summed E-state index contributed by atoms with van der Waals surface area (Å²) in [4.78, 5) is 2.57. The Kier molecular flexibility index (Phi) is 8.56. The van der Waals surface area contributed by atoms with Gasteiger partial charge in [0, 0.05) is 27.8 Å². The summed E-state index contributed by atoms with van der Waals surface area (Å²) in [6.07, 6.45) is 4.96. The van der Waals surface area contributed by atoms with Crippen LogP contribution in [0.4, 0.5) is 17.1 Å². The normalized spacial score (nSPS) is 15.8. The molecule has 0 saturated heterocycles. The van der Waals surface area contributed by atoms with Crippen molar-refractivity contribution in [3.05, 3.63) is 185 Å². The Hall–Kier alpha value is -5.66. The molecule has 0 amide bonds. The molecule has 59 heavy (non-hydrogen) atoms. The number of hydrogen-bond acceptors (Lipinski definition) is 1. The van der Waals surface area contributed by atoms with E-state index in [-0.39, 0.29) is 21.7 Å². The fourth-order valence-corrected chi connectivity index (χ4v) is 10.9. The minimum absolute atomic E-state index is 0.0111. The molecule has 294 valence electrons. The molecule has 1 fully saturated rings. The van der Waals surface area contributed by atoms with E-state index in [1.54, 1.807) is 0 Å². The van der Waals surface area contributed by atoms with Crippen LogP contribution in [0.25, 0.3) is 44.5 Å². The third-order valence-electron chi connectivity index (χ3n) is 14.2. The smallest absolute Gasteiger partial charge is 0.0540 e. The number of nitrogens with zero attached hydrogens (tertiary/aromatic N) is 1. The van der Waals surface area contributed by atoms with E-state index in [9.17, 15) is 0 Å². The zero-order chi connectivity index (χ0) is 40.9. The predicted octanol–water partition coefficient (Wildman–Crippen LogP) is 16.2. The molecule has 1 nitrogen and oxygen atoms in total. The maximum atomic E-state index is 2.57. The topological polar surface area (TPSA) is 3.24 Å². The summed E-state index contributed by atoms with van der Waals surface area (Å²) >= 11 is 0. The summed E-state index contributed by atoms with van der Waals surface area (Å²) in [7, 11) is 0. The lowest BCUT2D eigenvalue weighted by Crippen LogP contribution is -2.21.